The van der Waals surface area contributed by atoms with Crippen LogP contribution in [0.5, 0.6) is 0 Å². The van der Waals surface area contributed by atoms with Gasteiger partial charge in [0.25, 0.3) is 7.82 Å². The van der Waals surface area contributed by atoms with Crippen molar-refractivity contribution in [2.75, 3.05) is 40.9 Å². The summed E-state index contributed by atoms with van der Waals surface area (Å²) in [5.74, 6) is -0.545. The maximum atomic E-state index is 13.5. The highest BCUT2D eigenvalue weighted by molar-refractivity contribution is 7.45. The summed E-state index contributed by atoms with van der Waals surface area (Å²) < 4.78 is 30.3. The predicted octanol–water partition coefficient (Wildman–Crippen LogP) is 20.4. The molecule has 0 radical (unpaired) electrons. The van der Waals surface area contributed by atoms with E-state index in [1.165, 1.54) is 231 Å². The van der Waals surface area contributed by atoms with Crippen LogP contribution in [-0.4, -0.2) is 69.4 Å². The molecular weight excluding hydrogens is 988 g/mol. The molecule has 0 aliphatic rings. The Labute approximate surface area is 485 Å². The van der Waals surface area contributed by atoms with Crippen molar-refractivity contribution in [3.63, 3.8) is 0 Å². The summed E-state index contributed by atoms with van der Waals surface area (Å²) in [4.78, 5) is 40.0. The van der Waals surface area contributed by atoms with Gasteiger partial charge in [-0.25, -0.2) is 0 Å². The number of hydrogen-bond donors (Lipinski definition) is 1. The third-order valence-corrected chi connectivity index (χ3v) is 16.3. The van der Waals surface area contributed by atoms with E-state index in [4.69, 9.17) is 13.8 Å². The zero-order valence-electron chi connectivity index (χ0n) is 52.6. The van der Waals surface area contributed by atoms with E-state index < -0.39 is 26.6 Å². The highest BCUT2D eigenvalue weighted by atomic mass is 31.2. The van der Waals surface area contributed by atoms with Gasteiger partial charge < -0.3 is 28.5 Å². The number of nitrogens with zero attached hydrogens (tertiary/aromatic N) is 1. The second-order valence-corrected chi connectivity index (χ2v) is 25.7. The van der Waals surface area contributed by atoms with Gasteiger partial charge >= 0.3 is 5.97 Å². The number of phosphoric ester groups is 1. The minimum atomic E-state index is -4.70. The van der Waals surface area contributed by atoms with Crippen molar-refractivity contribution in [3.8, 4) is 0 Å². The van der Waals surface area contributed by atoms with Gasteiger partial charge in [-0.2, -0.15) is 0 Å². The van der Waals surface area contributed by atoms with Crippen LogP contribution in [0.3, 0.4) is 0 Å². The lowest BCUT2D eigenvalue weighted by atomic mass is 10.0. The number of amides is 1. The van der Waals surface area contributed by atoms with Gasteiger partial charge in [0.15, 0.2) is 0 Å². The lowest BCUT2D eigenvalue weighted by Crippen LogP contribution is -2.47. The monoisotopic (exact) mass is 1120 g/mol. The zero-order valence-corrected chi connectivity index (χ0v) is 53.5. The Morgan fingerprint density at radius 1 is 0.436 bits per heavy atom. The molecule has 1 amide bonds. The first-order valence-corrected chi connectivity index (χ1v) is 35.3. The molecule has 0 heterocycles. The van der Waals surface area contributed by atoms with E-state index in [1.54, 1.807) is 0 Å². The van der Waals surface area contributed by atoms with Crippen LogP contribution in [0.4, 0.5) is 0 Å². The van der Waals surface area contributed by atoms with Gasteiger partial charge in [-0.05, 0) is 83.1 Å². The number of ether oxygens (including phenoxy) is 1. The van der Waals surface area contributed by atoms with Gasteiger partial charge in [0.2, 0.25) is 5.91 Å². The smallest absolute Gasteiger partial charge is 0.306 e. The Morgan fingerprint density at radius 2 is 0.744 bits per heavy atom. The second-order valence-electron chi connectivity index (χ2n) is 24.3. The summed E-state index contributed by atoms with van der Waals surface area (Å²) in [6, 6.07) is -0.892. The summed E-state index contributed by atoms with van der Waals surface area (Å²) in [6.45, 7) is 6.86. The number of nitrogens with one attached hydrogen (secondary N) is 1. The number of phosphoric acid groups is 1. The average molecular weight is 1120 g/mol. The van der Waals surface area contributed by atoms with Gasteiger partial charge in [0.05, 0.1) is 33.8 Å². The highest BCUT2D eigenvalue weighted by Crippen LogP contribution is 2.38. The summed E-state index contributed by atoms with van der Waals surface area (Å²) in [5.41, 5.74) is 0. The average Bonchev–Trinajstić information content (AvgIpc) is 3.40. The van der Waals surface area contributed by atoms with Crippen molar-refractivity contribution in [1.29, 1.82) is 0 Å². The van der Waals surface area contributed by atoms with Crippen molar-refractivity contribution < 1.29 is 37.3 Å². The van der Waals surface area contributed by atoms with Crippen LogP contribution < -0.4 is 10.2 Å². The number of likely N-dealkylation sites (N-methyl/N-ethyl adjacent to an activating group) is 1. The number of carbonyl (C=O) groups is 2. The number of hydrogen-bond acceptors (Lipinski definition) is 7. The molecular formula is C68H131N2O7P. The summed E-state index contributed by atoms with van der Waals surface area (Å²) in [7, 11) is 1.19. The van der Waals surface area contributed by atoms with Crippen LogP contribution in [0.15, 0.2) is 36.5 Å². The first-order valence-electron chi connectivity index (χ1n) is 33.8. The fourth-order valence-electron chi connectivity index (χ4n) is 10.0. The Bertz CT molecular complexity index is 1430. The number of allylic oxidation sites excluding steroid dienone is 5. The molecule has 0 saturated heterocycles. The van der Waals surface area contributed by atoms with Crippen molar-refractivity contribution in [2.24, 2.45) is 0 Å². The fraction of sp³-hybridized carbons (Fsp3) is 0.882. The number of rotatable bonds is 62. The zero-order chi connectivity index (χ0) is 57.2. The first-order chi connectivity index (χ1) is 37.9. The van der Waals surface area contributed by atoms with Crippen LogP contribution in [-0.2, 0) is 27.9 Å². The Kier molecular flexibility index (Phi) is 57.1. The molecule has 78 heavy (non-hydrogen) atoms. The molecule has 0 aromatic carbocycles. The number of quaternary nitrogens is 1. The van der Waals surface area contributed by atoms with Gasteiger partial charge in [-0.1, -0.05) is 276 Å². The SMILES string of the molecule is CCCCCCCC/C=C\CCCCCC(=O)NC(COP(=O)([O-])OCC[N+](C)(C)C)C(/C=C\CCCCCCCCCCCC)OC(=O)CCCCCCCCCCCCCCCCCCC/C=C/CCCCCCCC. The molecule has 9 nitrogen and oxygen atoms in total. The van der Waals surface area contributed by atoms with Crippen LogP contribution in [0.1, 0.15) is 335 Å². The maximum absolute atomic E-state index is 13.5. The number of carbonyl (C=O) groups excluding carboxylic acids is 2. The van der Waals surface area contributed by atoms with E-state index in [2.05, 4.69) is 50.4 Å². The van der Waals surface area contributed by atoms with Crippen molar-refractivity contribution in [1.82, 2.24) is 5.32 Å². The second kappa shape index (κ2) is 58.4. The summed E-state index contributed by atoms with van der Waals surface area (Å²) >= 11 is 0. The Balaban J connectivity index is 4.98. The van der Waals surface area contributed by atoms with Crippen molar-refractivity contribution >= 4 is 19.7 Å². The summed E-state index contributed by atoms with van der Waals surface area (Å²) in [5, 5.41) is 3.02. The fourth-order valence-corrected chi connectivity index (χ4v) is 10.8. The van der Waals surface area contributed by atoms with E-state index in [0.717, 1.165) is 70.6 Å². The largest absolute Gasteiger partial charge is 0.756 e. The summed E-state index contributed by atoms with van der Waals surface area (Å²) in [6.07, 6.45) is 71.3. The van der Waals surface area contributed by atoms with E-state index in [-0.39, 0.29) is 24.9 Å². The topological polar surface area (TPSA) is 114 Å². The lowest BCUT2D eigenvalue weighted by molar-refractivity contribution is -0.870. The molecule has 0 aliphatic heterocycles. The predicted molar refractivity (Wildman–Crippen MR) is 335 cm³/mol. The van der Waals surface area contributed by atoms with Gasteiger partial charge in [0, 0.05) is 12.8 Å². The minimum absolute atomic E-state index is 0.0226. The normalized spacial score (nSPS) is 13.8. The molecule has 460 valence electrons. The molecule has 0 aromatic heterocycles. The van der Waals surface area contributed by atoms with Crippen molar-refractivity contribution in [2.45, 2.75) is 348 Å². The number of esters is 1. The molecule has 3 unspecified atom stereocenters. The number of unbranched alkanes of at least 4 members (excludes halogenated alkanes) is 42. The third-order valence-electron chi connectivity index (χ3n) is 15.3. The maximum Gasteiger partial charge on any atom is 0.306 e. The minimum Gasteiger partial charge on any atom is -0.756 e. The molecule has 3 atom stereocenters. The van der Waals surface area contributed by atoms with E-state index in [0.29, 0.717) is 17.4 Å². The molecule has 0 spiro atoms. The van der Waals surface area contributed by atoms with E-state index in [1.807, 2.05) is 33.3 Å². The van der Waals surface area contributed by atoms with Crippen LogP contribution in [0.2, 0.25) is 0 Å². The molecule has 1 N–H and O–H groups in total. The van der Waals surface area contributed by atoms with E-state index >= 15 is 0 Å². The van der Waals surface area contributed by atoms with Gasteiger partial charge in [-0.3, -0.25) is 14.2 Å². The molecule has 10 heteroatoms. The van der Waals surface area contributed by atoms with E-state index in [9.17, 15) is 19.0 Å². The highest BCUT2D eigenvalue weighted by Gasteiger charge is 2.27. The molecule has 0 saturated carbocycles. The standard InChI is InChI=1S/C68H131N2O7P/c1-7-10-13-16-19-22-25-28-29-30-31-32-33-34-35-36-37-38-39-40-41-43-46-49-52-55-58-61-68(72)77-66(59-56-53-50-47-44-27-24-21-18-15-12-9-3)65(64-76-78(73,74)75-63-62-70(4,5)6)69-67(71)60-57-54-51-48-45-42-26-23-20-17-14-11-8-2/h28-29,42,45,56,59,65-66H,7-27,30-41,43-44,46-55,57-58,60-64H2,1-6H3,(H-,69,71,73,74)/b29-28+,45-42-,59-56-. The quantitative estimate of drug-likeness (QED) is 0.0212. The van der Waals surface area contributed by atoms with Crippen LogP contribution in [0.25, 0.3) is 0 Å². The van der Waals surface area contributed by atoms with Crippen LogP contribution in [0, 0.1) is 0 Å². The lowest BCUT2D eigenvalue weighted by Gasteiger charge is -2.30. The molecule has 0 aliphatic carbocycles. The first kappa shape index (κ1) is 76.2. The molecule has 0 rings (SSSR count). The van der Waals surface area contributed by atoms with Crippen molar-refractivity contribution in [3.05, 3.63) is 36.5 Å². The third kappa shape index (κ3) is 58.9. The Hall–Kier alpha value is -1.77. The van der Waals surface area contributed by atoms with Gasteiger partial charge in [-0.15, -0.1) is 0 Å². The molecule has 0 bridgehead atoms. The van der Waals surface area contributed by atoms with Gasteiger partial charge in [0.1, 0.15) is 19.3 Å². The molecule has 0 fully saturated rings. The molecule has 0 aromatic rings. The Morgan fingerprint density at radius 3 is 1.10 bits per heavy atom. The van der Waals surface area contributed by atoms with Crippen LogP contribution >= 0.6 is 7.82 Å².